The van der Waals surface area contributed by atoms with E-state index in [-0.39, 0.29) is 5.91 Å². The van der Waals surface area contributed by atoms with E-state index in [0.717, 1.165) is 60.4 Å². The first kappa shape index (κ1) is 23.8. The summed E-state index contributed by atoms with van der Waals surface area (Å²) in [6.45, 7) is 4.24. The van der Waals surface area contributed by atoms with Crippen molar-refractivity contribution in [2.45, 2.75) is 39.2 Å². The van der Waals surface area contributed by atoms with Crippen LogP contribution in [-0.2, 0) is 13.0 Å². The molecule has 176 valence electrons. The smallest absolute Gasteiger partial charge is 0.251 e. The largest absolute Gasteiger partial charge is 0.493 e. The van der Waals surface area contributed by atoms with Crippen molar-refractivity contribution in [1.82, 2.24) is 14.9 Å². The van der Waals surface area contributed by atoms with Gasteiger partial charge in [0.15, 0.2) is 0 Å². The SMILES string of the molecule is Cc1ccccc1OCCCCn1c(CCCNC(=O)c2cccc(Cl)c2)nc2ccccc21. The molecule has 1 heterocycles. The van der Waals surface area contributed by atoms with Crippen LogP contribution in [0.4, 0.5) is 0 Å². The Hall–Kier alpha value is -3.31. The van der Waals surface area contributed by atoms with Crippen molar-refractivity contribution in [1.29, 1.82) is 0 Å². The van der Waals surface area contributed by atoms with E-state index in [1.807, 2.05) is 24.3 Å². The van der Waals surface area contributed by atoms with Gasteiger partial charge in [0.25, 0.3) is 5.91 Å². The summed E-state index contributed by atoms with van der Waals surface area (Å²) in [6, 6.07) is 23.3. The average Bonchev–Trinajstić information content (AvgIpc) is 3.20. The second-order valence-corrected chi connectivity index (χ2v) is 8.80. The number of amides is 1. The summed E-state index contributed by atoms with van der Waals surface area (Å²) in [5.41, 5.74) is 3.90. The maximum Gasteiger partial charge on any atom is 0.251 e. The molecule has 3 aromatic carbocycles. The second kappa shape index (κ2) is 11.7. The van der Waals surface area contributed by atoms with Crippen LogP contribution in [0.15, 0.2) is 72.8 Å². The van der Waals surface area contributed by atoms with Gasteiger partial charge in [0.05, 0.1) is 17.6 Å². The fraction of sp³-hybridized carbons (Fsp3) is 0.286. The van der Waals surface area contributed by atoms with E-state index in [2.05, 4.69) is 41.1 Å². The molecule has 0 aliphatic heterocycles. The van der Waals surface area contributed by atoms with Crippen LogP contribution < -0.4 is 10.1 Å². The first-order valence-corrected chi connectivity index (χ1v) is 12.2. The highest BCUT2D eigenvalue weighted by molar-refractivity contribution is 6.30. The summed E-state index contributed by atoms with van der Waals surface area (Å²) in [7, 11) is 0. The highest BCUT2D eigenvalue weighted by Crippen LogP contribution is 2.19. The predicted molar refractivity (Wildman–Crippen MR) is 138 cm³/mol. The van der Waals surface area contributed by atoms with Gasteiger partial charge in [-0.05, 0) is 68.1 Å². The van der Waals surface area contributed by atoms with Gasteiger partial charge < -0.3 is 14.6 Å². The zero-order valence-corrected chi connectivity index (χ0v) is 20.2. The molecule has 4 rings (SSSR count). The summed E-state index contributed by atoms with van der Waals surface area (Å²) < 4.78 is 8.25. The highest BCUT2D eigenvalue weighted by Gasteiger charge is 2.11. The Kier molecular flexibility index (Phi) is 8.21. The minimum absolute atomic E-state index is 0.107. The first-order chi connectivity index (χ1) is 16.6. The number of aryl methyl sites for hydroxylation is 3. The number of nitrogens with zero attached hydrogens (tertiary/aromatic N) is 2. The summed E-state index contributed by atoms with van der Waals surface area (Å²) in [4.78, 5) is 17.2. The number of carbonyl (C=O) groups excluding carboxylic acids is 1. The van der Waals surface area contributed by atoms with Crippen molar-refractivity contribution in [2.75, 3.05) is 13.2 Å². The Labute approximate surface area is 205 Å². The van der Waals surface area contributed by atoms with Gasteiger partial charge in [-0.2, -0.15) is 0 Å². The third-order valence-electron chi connectivity index (χ3n) is 5.81. The summed E-state index contributed by atoms with van der Waals surface area (Å²) >= 11 is 5.99. The molecule has 0 fully saturated rings. The number of ether oxygens (including phenoxy) is 1. The van der Waals surface area contributed by atoms with Crippen LogP contribution in [0.25, 0.3) is 11.0 Å². The monoisotopic (exact) mass is 475 g/mol. The number of aromatic nitrogens is 2. The van der Waals surface area contributed by atoms with Crippen molar-refractivity contribution in [3.05, 3.63) is 94.8 Å². The quantitative estimate of drug-likeness (QED) is 0.262. The molecule has 34 heavy (non-hydrogen) atoms. The molecular weight excluding hydrogens is 446 g/mol. The average molecular weight is 476 g/mol. The molecule has 1 amide bonds. The standard InChI is InChI=1S/C28H30ClN3O2/c1-21-10-2-5-15-26(21)34-19-7-6-18-32-25-14-4-3-13-24(25)31-27(32)16-9-17-30-28(33)22-11-8-12-23(29)20-22/h2-5,8,10-15,20H,6-7,9,16-19H2,1H3,(H,30,33). The lowest BCUT2D eigenvalue weighted by Gasteiger charge is -2.11. The van der Waals surface area contributed by atoms with Crippen LogP contribution in [0.1, 0.15) is 41.0 Å². The maximum absolute atomic E-state index is 12.3. The molecule has 1 aromatic heterocycles. The number of unbranched alkanes of at least 4 members (excludes halogenated alkanes) is 1. The number of hydrogen-bond donors (Lipinski definition) is 1. The predicted octanol–water partition coefficient (Wildman–Crippen LogP) is 6.22. The Morgan fingerprint density at radius 1 is 1.00 bits per heavy atom. The van der Waals surface area contributed by atoms with Crippen molar-refractivity contribution in [2.24, 2.45) is 0 Å². The second-order valence-electron chi connectivity index (χ2n) is 8.36. The van der Waals surface area contributed by atoms with E-state index in [9.17, 15) is 4.79 Å². The molecule has 0 bridgehead atoms. The van der Waals surface area contributed by atoms with Gasteiger partial charge in [0.1, 0.15) is 11.6 Å². The van der Waals surface area contributed by atoms with E-state index in [1.54, 1.807) is 24.3 Å². The zero-order valence-electron chi connectivity index (χ0n) is 19.5. The lowest BCUT2D eigenvalue weighted by atomic mass is 10.2. The van der Waals surface area contributed by atoms with Gasteiger partial charge in [-0.15, -0.1) is 0 Å². The Morgan fingerprint density at radius 2 is 1.82 bits per heavy atom. The zero-order chi connectivity index (χ0) is 23.8. The normalized spacial score (nSPS) is 11.0. The van der Waals surface area contributed by atoms with Gasteiger partial charge in [0.2, 0.25) is 0 Å². The number of carbonyl (C=O) groups is 1. The summed E-state index contributed by atoms with van der Waals surface area (Å²) in [5.74, 6) is 1.90. The molecule has 0 atom stereocenters. The topological polar surface area (TPSA) is 56.1 Å². The lowest BCUT2D eigenvalue weighted by molar-refractivity contribution is 0.0953. The fourth-order valence-electron chi connectivity index (χ4n) is 4.02. The van der Waals surface area contributed by atoms with Crippen LogP contribution in [-0.4, -0.2) is 28.6 Å². The van der Waals surface area contributed by atoms with Crippen LogP contribution in [0.2, 0.25) is 5.02 Å². The van der Waals surface area contributed by atoms with E-state index >= 15 is 0 Å². The Balaban J connectivity index is 1.30. The molecular formula is C28H30ClN3O2. The number of hydrogen-bond acceptors (Lipinski definition) is 3. The maximum atomic E-state index is 12.3. The Bertz CT molecular complexity index is 1250. The highest BCUT2D eigenvalue weighted by atomic mass is 35.5. The third kappa shape index (κ3) is 6.17. The molecule has 0 spiro atoms. The molecule has 0 aliphatic rings. The summed E-state index contributed by atoms with van der Waals surface area (Å²) in [6.07, 6.45) is 3.58. The Morgan fingerprint density at radius 3 is 2.68 bits per heavy atom. The minimum Gasteiger partial charge on any atom is -0.493 e. The van der Waals surface area contributed by atoms with Crippen LogP contribution in [0.5, 0.6) is 5.75 Å². The minimum atomic E-state index is -0.107. The number of fused-ring (bicyclic) bond motifs is 1. The van der Waals surface area contributed by atoms with Crippen molar-refractivity contribution in [3.8, 4) is 5.75 Å². The molecule has 5 nitrogen and oxygen atoms in total. The van der Waals surface area contributed by atoms with Crippen molar-refractivity contribution < 1.29 is 9.53 Å². The van der Waals surface area contributed by atoms with Gasteiger partial charge in [-0.1, -0.05) is 48.0 Å². The van der Waals surface area contributed by atoms with Crippen LogP contribution in [0.3, 0.4) is 0 Å². The molecule has 0 saturated carbocycles. The van der Waals surface area contributed by atoms with Gasteiger partial charge in [0, 0.05) is 30.1 Å². The molecule has 0 unspecified atom stereocenters. The summed E-state index contributed by atoms with van der Waals surface area (Å²) in [5, 5.41) is 3.54. The van der Waals surface area contributed by atoms with Crippen LogP contribution >= 0.6 is 11.6 Å². The molecule has 1 N–H and O–H groups in total. The van der Waals surface area contributed by atoms with Gasteiger partial charge >= 0.3 is 0 Å². The number of rotatable bonds is 11. The van der Waals surface area contributed by atoms with Crippen molar-refractivity contribution in [3.63, 3.8) is 0 Å². The fourth-order valence-corrected chi connectivity index (χ4v) is 4.21. The van der Waals surface area contributed by atoms with Gasteiger partial charge in [-0.3, -0.25) is 4.79 Å². The van der Waals surface area contributed by atoms with E-state index in [1.165, 1.54) is 0 Å². The number of para-hydroxylation sites is 3. The molecule has 0 aliphatic carbocycles. The molecule has 6 heteroatoms. The number of halogens is 1. The van der Waals surface area contributed by atoms with E-state index < -0.39 is 0 Å². The third-order valence-corrected chi connectivity index (χ3v) is 6.05. The van der Waals surface area contributed by atoms with E-state index in [0.29, 0.717) is 23.7 Å². The first-order valence-electron chi connectivity index (χ1n) is 11.8. The molecule has 4 aromatic rings. The van der Waals surface area contributed by atoms with Crippen molar-refractivity contribution >= 4 is 28.5 Å². The van der Waals surface area contributed by atoms with Crippen LogP contribution in [0, 0.1) is 6.92 Å². The molecule has 0 radical (unpaired) electrons. The lowest BCUT2D eigenvalue weighted by Crippen LogP contribution is -2.25. The number of nitrogens with one attached hydrogen (secondary N) is 1. The number of benzene rings is 3. The van der Waals surface area contributed by atoms with Gasteiger partial charge in [-0.25, -0.2) is 4.98 Å². The van der Waals surface area contributed by atoms with E-state index in [4.69, 9.17) is 21.3 Å². The molecule has 0 saturated heterocycles. The number of imidazole rings is 1.